The maximum Gasteiger partial charge on any atom is 0.315 e. The molecule has 4 atom stereocenters. The van der Waals surface area contributed by atoms with Crippen LogP contribution in [0.4, 0.5) is 5.69 Å². The van der Waals surface area contributed by atoms with Gasteiger partial charge >= 0.3 is 11.9 Å². The quantitative estimate of drug-likeness (QED) is 0.505. The number of para-hydroxylation sites is 1. The van der Waals surface area contributed by atoms with Crippen LogP contribution in [0.5, 0.6) is 0 Å². The normalized spacial score (nSPS) is 26.4. The average molecular weight is 439 g/mol. The summed E-state index contributed by atoms with van der Waals surface area (Å²) < 4.78 is 10.7. The molecule has 32 heavy (non-hydrogen) atoms. The monoisotopic (exact) mass is 438 g/mol. The van der Waals surface area contributed by atoms with Gasteiger partial charge in [-0.3, -0.25) is 15.0 Å². The molecule has 7 nitrogen and oxygen atoms in total. The molecule has 170 valence electrons. The molecule has 0 amide bonds. The standard InChI is InChI=1S/C25H30N2O5/c1-4-31-23(28)21-19(27-26-18-14-10-7-11-15-18)16-25(3,30)22(24(29)32-5-2)20(21)17-12-8-6-9-13-17/h6-15,20-22,26,30H,4-5,16H2,1-3H3/b27-19-/t20-,21-,22+,25+/m1/s1. The average Bonchev–Trinajstić information content (AvgIpc) is 2.78. The molecule has 0 heterocycles. The molecule has 1 aliphatic carbocycles. The fourth-order valence-electron chi connectivity index (χ4n) is 4.34. The highest BCUT2D eigenvalue weighted by molar-refractivity contribution is 6.06. The molecule has 2 aromatic rings. The Hall–Kier alpha value is -3.19. The lowest BCUT2D eigenvalue weighted by Gasteiger charge is -2.45. The fourth-order valence-corrected chi connectivity index (χ4v) is 4.34. The summed E-state index contributed by atoms with van der Waals surface area (Å²) in [5.74, 6) is -3.55. The summed E-state index contributed by atoms with van der Waals surface area (Å²) in [6.07, 6.45) is 0.0170. The van der Waals surface area contributed by atoms with Crippen molar-refractivity contribution in [2.24, 2.45) is 16.9 Å². The smallest absolute Gasteiger partial charge is 0.315 e. The van der Waals surface area contributed by atoms with Crippen molar-refractivity contribution in [3.8, 4) is 0 Å². The van der Waals surface area contributed by atoms with Gasteiger partial charge < -0.3 is 14.6 Å². The number of esters is 2. The molecule has 1 saturated carbocycles. The highest BCUT2D eigenvalue weighted by Crippen LogP contribution is 2.47. The van der Waals surface area contributed by atoms with Crippen molar-refractivity contribution in [1.82, 2.24) is 0 Å². The molecular weight excluding hydrogens is 408 g/mol. The molecular formula is C25H30N2O5. The zero-order chi connectivity index (χ0) is 23.1. The van der Waals surface area contributed by atoms with E-state index >= 15 is 0 Å². The number of anilines is 1. The lowest BCUT2D eigenvalue weighted by atomic mass is 9.61. The number of rotatable bonds is 7. The van der Waals surface area contributed by atoms with Gasteiger partial charge in [-0.2, -0.15) is 5.10 Å². The fraction of sp³-hybridized carbons (Fsp3) is 0.400. The van der Waals surface area contributed by atoms with Gasteiger partial charge in [-0.15, -0.1) is 0 Å². The SMILES string of the molecule is CCOC(=O)[C@@H]1/C(=N\Nc2ccccc2)C[C@](C)(O)[C@H](C(=O)OCC)[C@@H]1c1ccccc1. The molecule has 7 heteroatoms. The first kappa shape index (κ1) is 23.5. The molecule has 0 unspecified atom stereocenters. The van der Waals surface area contributed by atoms with Gasteiger partial charge in [-0.25, -0.2) is 0 Å². The van der Waals surface area contributed by atoms with Gasteiger partial charge in [0, 0.05) is 12.3 Å². The van der Waals surface area contributed by atoms with E-state index in [-0.39, 0.29) is 19.6 Å². The van der Waals surface area contributed by atoms with Crippen molar-refractivity contribution in [1.29, 1.82) is 0 Å². The van der Waals surface area contributed by atoms with E-state index in [0.29, 0.717) is 5.71 Å². The number of hydrogen-bond donors (Lipinski definition) is 2. The predicted octanol–water partition coefficient (Wildman–Crippen LogP) is 3.75. The summed E-state index contributed by atoms with van der Waals surface area (Å²) >= 11 is 0. The molecule has 0 saturated heterocycles. The molecule has 3 rings (SSSR count). The molecule has 0 aliphatic heterocycles. The second kappa shape index (κ2) is 10.4. The van der Waals surface area contributed by atoms with Gasteiger partial charge in [0.1, 0.15) is 5.92 Å². The zero-order valence-corrected chi connectivity index (χ0v) is 18.7. The van der Waals surface area contributed by atoms with Crippen LogP contribution in [-0.4, -0.2) is 41.6 Å². The first-order chi connectivity index (χ1) is 15.4. The summed E-state index contributed by atoms with van der Waals surface area (Å²) in [7, 11) is 0. The number of hydrogen-bond acceptors (Lipinski definition) is 7. The van der Waals surface area contributed by atoms with Gasteiger partial charge in [-0.05, 0) is 38.5 Å². The minimum absolute atomic E-state index is 0.0170. The Morgan fingerprint density at radius 2 is 1.56 bits per heavy atom. The van der Waals surface area contributed by atoms with Crippen molar-refractivity contribution >= 4 is 23.3 Å². The Morgan fingerprint density at radius 1 is 1.00 bits per heavy atom. The molecule has 2 aromatic carbocycles. The maximum absolute atomic E-state index is 13.2. The molecule has 1 aliphatic rings. The van der Waals surface area contributed by atoms with Gasteiger partial charge in [0.05, 0.1) is 36.1 Å². The lowest BCUT2D eigenvalue weighted by Crippen LogP contribution is -2.55. The summed E-state index contributed by atoms with van der Waals surface area (Å²) in [6, 6.07) is 18.5. The van der Waals surface area contributed by atoms with Crippen molar-refractivity contribution in [2.45, 2.75) is 38.7 Å². The summed E-state index contributed by atoms with van der Waals surface area (Å²) in [6.45, 7) is 5.40. The second-order valence-electron chi connectivity index (χ2n) is 8.01. The first-order valence-corrected chi connectivity index (χ1v) is 10.9. The molecule has 1 fully saturated rings. The van der Waals surface area contributed by atoms with Crippen molar-refractivity contribution < 1.29 is 24.2 Å². The number of carbonyl (C=O) groups excluding carboxylic acids is 2. The molecule has 0 aromatic heterocycles. The molecule has 0 bridgehead atoms. The highest BCUT2D eigenvalue weighted by Gasteiger charge is 2.56. The van der Waals surface area contributed by atoms with E-state index < -0.39 is 35.3 Å². The first-order valence-electron chi connectivity index (χ1n) is 10.9. The number of nitrogens with zero attached hydrogens (tertiary/aromatic N) is 1. The van der Waals surface area contributed by atoms with Crippen LogP contribution in [0.3, 0.4) is 0 Å². The van der Waals surface area contributed by atoms with Gasteiger partial charge in [0.25, 0.3) is 0 Å². The van der Waals surface area contributed by atoms with E-state index in [1.165, 1.54) is 0 Å². The Labute approximate surface area is 188 Å². The van der Waals surface area contributed by atoms with Crippen LogP contribution in [0.25, 0.3) is 0 Å². The van der Waals surface area contributed by atoms with Gasteiger partial charge in [-0.1, -0.05) is 48.5 Å². The Bertz CT molecular complexity index is 943. The van der Waals surface area contributed by atoms with Crippen LogP contribution in [-0.2, 0) is 19.1 Å². The van der Waals surface area contributed by atoms with Crippen LogP contribution in [0, 0.1) is 11.8 Å². The van der Waals surface area contributed by atoms with Gasteiger partial charge in [0.2, 0.25) is 0 Å². The third-order valence-electron chi connectivity index (χ3n) is 5.65. The Balaban J connectivity index is 2.12. The van der Waals surface area contributed by atoms with Crippen molar-refractivity contribution in [3.63, 3.8) is 0 Å². The Morgan fingerprint density at radius 3 is 2.16 bits per heavy atom. The number of ether oxygens (including phenoxy) is 2. The topological polar surface area (TPSA) is 97.2 Å². The van der Waals surface area contributed by atoms with Crippen LogP contribution in [0.2, 0.25) is 0 Å². The predicted molar refractivity (Wildman–Crippen MR) is 122 cm³/mol. The molecule has 0 spiro atoms. The number of carbonyl (C=O) groups is 2. The van der Waals surface area contributed by atoms with Crippen LogP contribution in [0.1, 0.15) is 38.7 Å². The summed E-state index contributed by atoms with van der Waals surface area (Å²) in [4.78, 5) is 26.2. The molecule has 0 radical (unpaired) electrons. The van der Waals surface area contributed by atoms with Crippen LogP contribution in [0.15, 0.2) is 65.8 Å². The third kappa shape index (κ3) is 5.16. The minimum atomic E-state index is -1.48. The van der Waals surface area contributed by atoms with E-state index in [0.717, 1.165) is 11.3 Å². The van der Waals surface area contributed by atoms with E-state index in [1.54, 1.807) is 20.8 Å². The highest BCUT2D eigenvalue weighted by atomic mass is 16.5. The second-order valence-corrected chi connectivity index (χ2v) is 8.01. The largest absolute Gasteiger partial charge is 0.466 e. The number of aliphatic hydroxyl groups is 1. The number of hydrazone groups is 1. The Kier molecular flexibility index (Phi) is 7.64. The van der Waals surface area contributed by atoms with Crippen LogP contribution >= 0.6 is 0 Å². The van der Waals surface area contributed by atoms with Crippen LogP contribution < -0.4 is 5.43 Å². The van der Waals surface area contributed by atoms with E-state index in [1.807, 2.05) is 60.7 Å². The third-order valence-corrected chi connectivity index (χ3v) is 5.65. The summed E-state index contributed by atoms with van der Waals surface area (Å²) in [5.41, 5.74) is 3.39. The zero-order valence-electron chi connectivity index (χ0n) is 18.7. The minimum Gasteiger partial charge on any atom is -0.466 e. The van der Waals surface area contributed by atoms with E-state index in [2.05, 4.69) is 10.5 Å². The van der Waals surface area contributed by atoms with Crippen molar-refractivity contribution in [2.75, 3.05) is 18.6 Å². The lowest BCUT2D eigenvalue weighted by molar-refractivity contribution is -0.163. The maximum atomic E-state index is 13.2. The van der Waals surface area contributed by atoms with Gasteiger partial charge in [0.15, 0.2) is 0 Å². The van der Waals surface area contributed by atoms with Crippen molar-refractivity contribution in [3.05, 3.63) is 66.2 Å². The number of benzene rings is 2. The van der Waals surface area contributed by atoms with E-state index in [4.69, 9.17) is 9.47 Å². The summed E-state index contributed by atoms with van der Waals surface area (Å²) in [5, 5.41) is 15.9. The number of nitrogens with one attached hydrogen (secondary N) is 1. The van der Waals surface area contributed by atoms with E-state index in [9.17, 15) is 14.7 Å². The molecule has 2 N–H and O–H groups in total.